The second kappa shape index (κ2) is 4.60. The van der Waals surface area contributed by atoms with E-state index in [1.165, 1.54) is 5.56 Å². The van der Waals surface area contributed by atoms with Crippen LogP contribution >= 0.6 is 0 Å². The van der Waals surface area contributed by atoms with Crippen molar-refractivity contribution in [3.63, 3.8) is 0 Å². The van der Waals surface area contributed by atoms with Crippen molar-refractivity contribution in [2.45, 2.75) is 13.3 Å². The van der Waals surface area contributed by atoms with Crippen LogP contribution in [0.5, 0.6) is 0 Å². The van der Waals surface area contributed by atoms with E-state index in [1.54, 1.807) is 0 Å². The van der Waals surface area contributed by atoms with Gasteiger partial charge in [0.25, 0.3) is 0 Å². The minimum absolute atomic E-state index is 0. The van der Waals surface area contributed by atoms with Gasteiger partial charge in [0, 0.05) is 17.1 Å². The molecule has 0 aliphatic rings. The molecule has 0 nitrogen and oxygen atoms in total. The Morgan fingerprint density at radius 1 is 1.33 bits per heavy atom. The quantitative estimate of drug-likeness (QED) is 0.564. The summed E-state index contributed by atoms with van der Waals surface area (Å²) < 4.78 is 0. The second-order valence-corrected chi connectivity index (χ2v) is 1.76. The number of aryl methyl sites for hydroxylation is 1. The zero-order valence-corrected chi connectivity index (χ0v) is 6.26. The van der Waals surface area contributed by atoms with Crippen LogP contribution in [0.3, 0.4) is 0 Å². The molecule has 0 amide bonds. The number of rotatable bonds is 1. The third-order valence-corrected chi connectivity index (χ3v) is 1.20. The standard InChI is InChI=1S/C8H9.Cu/c1-2-8-6-4-3-5-7-8;/h4-7H,2H2,1H3;. The Balaban J connectivity index is 0.000000640. The molecule has 0 heterocycles. The van der Waals surface area contributed by atoms with Gasteiger partial charge in [0.15, 0.2) is 0 Å². The molecule has 0 bridgehead atoms. The average Bonchev–Trinajstić information content (AvgIpc) is 1.90. The molecule has 1 rings (SSSR count). The molecule has 1 aromatic rings. The van der Waals surface area contributed by atoms with Crippen molar-refractivity contribution in [3.8, 4) is 0 Å². The Morgan fingerprint density at radius 3 is 2.22 bits per heavy atom. The summed E-state index contributed by atoms with van der Waals surface area (Å²) in [5.74, 6) is 0. The maximum Gasteiger partial charge on any atom is 0 e. The van der Waals surface area contributed by atoms with E-state index in [4.69, 9.17) is 0 Å². The monoisotopic (exact) mass is 168 g/mol. The van der Waals surface area contributed by atoms with Crippen molar-refractivity contribution in [2.75, 3.05) is 0 Å². The van der Waals surface area contributed by atoms with Crippen LogP contribution in [0.1, 0.15) is 12.5 Å². The van der Waals surface area contributed by atoms with Gasteiger partial charge in [0.2, 0.25) is 0 Å². The summed E-state index contributed by atoms with van der Waals surface area (Å²) in [5, 5.41) is 0. The average molecular weight is 169 g/mol. The number of hydrogen-bond acceptors (Lipinski definition) is 0. The third-order valence-electron chi connectivity index (χ3n) is 1.20. The van der Waals surface area contributed by atoms with E-state index in [9.17, 15) is 0 Å². The molecule has 0 saturated carbocycles. The molecule has 0 aromatic heterocycles. The first kappa shape index (κ1) is 8.74. The summed E-state index contributed by atoms with van der Waals surface area (Å²) in [7, 11) is 0. The summed E-state index contributed by atoms with van der Waals surface area (Å²) >= 11 is 0. The molecule has 0 aliphatic carbocycles. The maximum atomic E-state index is 2.97. The van der Waals surface area contributed by atoms with Crippen LogP contribution in [0, 0.1) is 6.07 Å². The first-order valence-electron chi connectivity index (χ1n) is 2.88. The predicted octanol–water partition coefficient (Wildman–Crippen LogP) is 2.05. The van der Waals surface area contributed by atoms with Crippen molar-refractivity contribution >= 4 is 0 Å². The fraction of sp³-hybridized carbons (Fsp3) is 0.250. The topological polar surface area (TPSA) is 0 Å². The first-order chi connectivity index (χ1) is 3.93. The van der Waals surface area contributed by atoms with Gasteiger partial charge in [-0.3, -0.25) is 0 Å². The molecular weight excluding hydrogens is 160 g/mol. The summed E-state index contributed by atoms with van der Waals surface area (Å²) in [6, 6.07) is 11.0. The van der Waals surface area contributed by atoms with Crippen molar-refractivity contribution in [3.05, 3.63) is 35.9 Å². The fourth-order valence-electron chi connectivity index (χ4n) is 0.657. The van der Waals surface area contributed by atoms with Gasteiger partial charge in [-0.05, 0) is 18.1 Å². The molecule has 52 valence electrons. The van der Waals surface area contributed by atoms with E-state index in [-0.39, 0.29) is 17.1 Å². The van der Waals surface area contributed by atoms with E-state index in [2.05, 4.69) is 25.1 Å². The number of benzene rings is 1. The first-order valence-corrected chi connectivity index (χ1v) is 2.88. The van der Waals surface area contributed by atoms with Crippen molar-refractivity contribution in [1.82, 2.24) is 0 Å². The molecule has 0 fully saturated rings. The van der Waals surface area contributed by atoms with Crippen LogP contribution < -0.4 is 0 Å². The van der Waals surface area contributed by atoms with Gasteiger partial charge in [-0.2, -0.15) is 0 Å². The Labute approximate surface area is 66.8 Å². The molecule has 1 heteroatoms. The molecular formula is C8H9Cu. The summed E-state index contributed by atoms with van der Waals surface area (Å²) in [4.78, 5) is 0. The van der Waals surface area contributed by atoms with E-state index < -0.39 is 0 Å². The smallest absolute Gasteiger partial charge is 0 e. The van der Waals surface area contributed by atoms with Gasteiger partial charge in [0.05, 0.1) is 0 Å². The van der Waals surface area contributed by atoms with Gasteiger partial charge in [-0.15, -0.1) is 0 Å². The third kappa shape index (κ3) is 2.69. The second-order valence-electron chi connectivity index (χ2n) is 1.76. The van der Waals surface area contributed by atoms with Crippen molar-refractivity contribution in [2.24, 2.45) is 0 Å². The molecule has 0 aliphatic heterocycles. The van der Waals surface area contributed by atoms with E-state index >= 15 is 0 Å². The SMILES string of the molecule is CCc1cc[c]cc1.[Cu]. The largest absolute Gasteiger partial charge is 0.0613 e. The minimum atomic E-state index is 0. The Kier molecular flexibility index (Phi) is 4.47. The minimum Gasteiger partial charge on any atom is -0.0613 e. The van der Waals surface area contributed by atoms with Crippen LogP contribution in [0.25, 0.3) is 0 Å². The van der Waals surface area contributed by atoms with E-state index in [1.807, 2.05) is 12.1 Å². The number of hydrogen-bond donors (Lipinski definition) is 0. The van der Waals surface area contributed by atoms with Crippen molar-refractivity contribution < 1.29 is 17.1 Å². The molecule has 9 heavy (non-hydrogen) atoms. The van der Waals surface area contributed by atoms with E-state index in [0.717, 1.165) is 6.42 Å². The zero-order chi connectivity index (χ0) is 5.82. The van der Waals surface area contributed by atoms with Gasteiger partial charge < -0.3 is 0 Å². The molecule has 0 N–H and O–H groups in total. The van der Waals surface area contributed by atoms with E-state index in [0.29, 0.717) is 0 Å². The van der Waals surface area contributed by atoms with Gasteiger partial charge >= 0.3 is 0 Å². The summed E-state index contributed by atoms with van der Waals surface area (Å²) in [5.41, 5.74) is 1.38. The van der Waals surface area contributed by atoms with Gasteiger partial charge in [0.1, 0.15) is 0 Å². The molecule has 1 aromatic carbocycles. The zero-order valence-electron chi connectivity index (χ0n) is 5.32. The Bertz CT molecular complexity index is 146. The predicted molar refractivity (Wildman–Crippen MR) is 34.7 cm³/mol. The molecule has 2 radical (unpaired) electrons. The van der Waals surface area contributed by atoms with Gasteiger partial charge in [-0.25, -0.2) is 0 Å². The Morgan fingerprint density at radius 2 is 1.89 bits per heavy atom. The molecule has 0 saturated heterocycles. The van der Waals surface area contributed by atoms with Crippen LogP contribution in [-0.4, -0.2) is 0 Å². The molecule has 0 spiro atoms. The Hall–Kier alpha value is -0.261. The van der Waals surface area contributed by atoms with Crippen LogP contribution in [0.2, 0.25) is 0 Å². The van der Waals surface area contributed by atoms with Crippen LogP contribution in [0.4, 0.5) is 0 Å². The molecule has 0 atom stereocenters. The fourth-order valence-corrected chi connectivity index (χ4v) is 0.657. The van der Waals surface area contributed by atoms with Gasteiger partial charge in [-0.1, -0.05) is 31.2 Å². The van der Waals surface area contributed by atoms with Crippen LogP contribution in [-0.2, 0) is 23.5 Å². The normalized spacial score (nSPS) is 8.11. The summed E-state index contributed by atoms with van der Waals surface area (Å²) in [6.07, 6.45) is 1.12. The summed E-state index contributed by atoms with van der Waals surface area (Å²) in [6.45, 7) is 2.15. The maximum absolute atomic E-state index is 2.97. The van der Waals surface area contributed by atoms with Crippen molar-refractivity contribution in [1.29, 1.82) is 0 Å². The van der Waals surface area contributed by atoms with Crippen LogP contribution in [0.15, 0.2) is 24.3 Å². The molecule has 0 unspecified atom stereocenters.